The first-order valence-corrected chi connectivity index (χ1v) is 9.39. The average Bonchev–Trinajstić information content (AvgIpc) is 3.33. The summed E-state index contributed by atoms with van der Waals surface area (Å²) in [4.78, 5) is 25.0. The summed E-state index contributed by atoms with van der Waals surface area (Å²) in [5.74, 6) is 0.278. The predicted molar refractivity (Wildman–Crippen MR) is 107 cm³/mol. The van der Waals surface area contributed by atoms with Crippen LogP contribution in [0.25, 0.3) is 21.9 Å². The van der Waals surface area contributed by atoms with E-state index >= 15 is 0 Å². The Labute approximate surface area is 159 Å². The number of benzene rings is 2. The number of carbonyl (C=O) groups excluding carboxylic acids is 2. The standard InChI is InChI=1S/C21H17NO4S/c1-25-19-11-14-13-5-2-3-6-17(13)26-18(14)12-15(19)22-21(24)9-8-16(23)20-7-4-10-27-20/h2-7,10-12H,8-9H2,1H3,(H,22,24). The molecule has 1 N–H and O–H groups in total. The van der Waals surface area contributed by atoms with Crippen molar-refractivity contribution >= 4 is 50.7 Å². The summed E-state index contributed by atoms with van der Waals surface area (Å²) in [6.45, 7) is 0. The van der Waals surface area contributed by atoms with Crippen molar-refractivity contribution in [3.8, 4) is 5.75 Å². The maximum Gasteiger partial charge on any atom is 0.224 e. The van der Waals surface area contributed by atoms with Crippen molar-refractivity contribution in [3.05, 3.63) is 58.8 Å². The number of Topliss-reactive ketones (excluding diaryl/α,β-unsaturated/α-hetero) is 1. The number of methoxy groups -OCH3 is 1. The van der Waals surface area contributed by atoms with Gasteiger partial charge < -0.3 is 14.5 Å². The molecule has 27 heavy (non-hydrogen) atoms. The molecule has 0 aliphatic rings. The maximum absolute atomic E-state index is 12.3. The molecule has 0 saturated carbocycles. The third kappa shape index (κ3) is 3.44. The van der Waals surface area contributed by atoms with Crippen LogP contribution in [-0.4, -0.2) is 18.8 Å². The highest BCUT2D eigenvalue weighted by molar-refractivity contribution is 7.12. The molecule has 2 aromatic heterocycles. The van der Waals surface area contributed by atoms with Gasteiger partial charge in [0.2, 0.25) is 5.91 Å². The minimum atomic E-state index is -0.242. The van der Waals surface area contributed by atoms with Gasteiger partial charge in [-0.1, -0.05) is 24.3 Å². The molecule has 0 atom stereocenters. The zero-order chi connectivity index (χ0) is 18.8. The molecule has 0 fully saturated rings. The molecule has 0 aliphatic carbocycles. The van der Waals surface area contributed by atoms with Gasteiger partial charge in [0.15, 0.2) is 5.78 Å². The fourth-order valence-corrected chi connectivity index (χ4v) is 3.71. The average molecular weight is 379 g/mol. The lowest BCUT2D eigenvalue weighted by Gasteiger charge is -2.10. The highest BCUT2D eigenvalue weighted by Crippen LogP contribution is 2.36. The second-order valence-corrected chi connectivity index (χ2v) is 7.04. The zero-order valence-corrected chi connectivity index (χ0v) is 15.5. The molecule has 2 heterocycles. The van der Waals surface area contributed by atoms with Crippen LogP contribution in [-0.2, 0) is 4.79 Å². The number of nitrogens with one attached hydrogen (secondary N) is 1. The second-order valence-electron chi connectivity index (χ2n) is 6.10. The number of furan rings is 1. The van der Waals surface area contributed by atoms with Gasteiger partial charge in [0.25, 0.3) is 0 Å². The lowest BCUT2D eigenvalue weighted by atomic mass is 10.1. The number of anilines is 1. The molecule has 5 nitrogen and oxygen atoms in total. The van der Waals surface area contributed by atoms with E-state index in [1.165, 1.54) is 11.3 Å². The van der Waals surface area contributed by atoms with Crippen LogP contribution >= 0.6 is 11.3 Å². The summed E-state index contributed by atoms with van der Waals surface area (Å²) in [6, 6.07) is 14.9. The van der Waals surface area contributed by atoms with Gasteiger partial charge in [-0.15, -0.1) is 11.3 Å². The summed E-state index contributed by atoms with van der Waals surface area (Å²) in [5, 5.41) is 6.59. The van der Waals surface area contributed by atoms with Crippen molar-refractivity contribution in [1.82, 2.24) is 0 Å². The molecular weight excluding hydrogens is 362 g/mol. The van der Waals surface area contributed by atoms with Crippen LogP contribution in [0.4, 0.5) is 5.69 Å². The highest BCUT2D eigenvalue weighted by atomic mass is 32.1. The van der Waals surface area contributed by atoms with Crippen LogP contribution in [0.2, 0.25) is 0 Å². The van der Waals surface area contributed by atoms with Gasteiger partial charge in [-0.3, -0.25) is 9.59 Å². The fourth-order valence-electron chi connectivity index (χ4n) is 3.02. The Bertz CT molecular complexity index is 1130. The minimum Gasteiger partial charge on any atom is -0.495 e. The third-order valence-electron chi connectivity index (χ3n) is 4.35. The van der Waals surface area contributed by atoms with Crippen LogP contribution in [0.15, 0.2) is 58.3 Å². The Balaban J connectivity index is 1.54. The van der Waals surface area contributed by atoms with Crippen LogP contribution in [0.5, 0.6) is 5.75 Å². The van der Waals surface area contributed by atoms with Crippen molar-refractivity contribution < 1.29 is 18.7 Å². The zero-order valence-electron chi connectivity index (χ0n) is 14.7. The van der Waals surface area contributed by atoms with Gasteiger partial charge >= 0.3 is 0 Å². The minimum absolute atomic E-state index is 0.0279. The number of thiophene rings is 1. The second kappa shape index (κ2) is 7.25. The SMILES string of the molecule is COc1cc2c(cc1NC(=O)CCC(=O)c1cccs1)oc1ccccc12. The van der Waals surface area contributed by atoms with E-state index in [4.69, 9.17) is 9.15 Å². The normalized spacial score (nSPS) is 11.0. The number of para-hydroxylation sites is 1. The van der Waals surface area contributed by atoms with Crippen molar-refractivity contribution in [2.24, 2.45) is 0 Å². The summed E-state index contributed by atoms with van der Waals surface area (Å²) in [5.41, 5.74) is 1.97. The molecule has 1 amide bonds. The van der Waals surface area contributed by atoms with Crippen LogP contribution in [0.3, 0.4) is 0 Å². The van der Waals surface area contributed by atoms with E-state index < -0.39 is 0 Å². The van der Waals surface area contributed by atoms with E-state index in [1.54, 1.807) is 19.2 Å². The van der Waals surface area contributed by atoms with Gasteiger partial charge in [0.05, 0.1) is 17.7 Å². The number of hydrogen-bond acceptors (Lipinski definition) is 5. The molecule has 0 spiro atoms. The van der Waals surface area contributed by atoms with E-state index in [2.05, 4.69) is 5.32 Å². The van der Waals surface area contributed by atoms with Crippen LogP contribution in [0, 0.1) is 0 Å². The van der Waals surface area contributed by atoms with Gasteiger partial charge in [-0.05, 0) is 23.6 Å². The first kappa shape index (κ1) is 17.3. The number of ether oxygens (including phenoxy) is 1. The molecule has 4 rings (SSSR count). The topological polar surface area (TPSA) is 68.5 Å². The molecule has 4 aromatic rings. The molecule has 0 bridgehead atoms. The summed E-state index contributed by atoms with van der Waals surface area (Å²) >= 11 is 1.38. The Morgan fingerprint density at radius 3 is 2.67 bits per heavy atom. The summed E-state index contributed by atoms with van der Waals surface area (Å²) in [6.07, 6.45) is 0.277. The van der Waals surface area contributed by atoms with E-state index in [-0.39, 0.29) is 24.5 Å². The van der Waals surface area contributed by atoms with E-state index in [1.807, 2.05) is 41.8 Å². The Morgan fingerprint density at radius 2 is 1.89 bits per heavy atom. The van der Waals surface area contributed by atoms with Gasteiger partial charge in [-0.2, -0.15) is 0 Å². The first-order valence-electron chi connectivity index (χ1n) is 8.51. The number of fused-ring (bicyclic) bond motifs is 3. The number of carbonyl (C=O) groups is 2. The highest BCUT2D eigenvalue weighted by Gasteiger charge is 2.15. The Morgan fingerprint density at radius 1 is 1.04 bits per heavy atom. The predicted octanol–water partition coefficient (Wildman–Crippen LogP) is 5.26. The molecule has 0 saturated heterocycles. The quantitative estimate of drug-likeness (QED) is 0.464. The monoisotopic (exact) mass is 379 g/mol. The maximum atomic E-state index is 12.3. The fraction of sp³-hybridized carbons (Fsp3) is 0.143. The van der Waals surface area contributed by atoms with Crippen LogP contribution < -0.4 is 10.1 Å². The van der Waals surface area contributed by atoms with Gasteiger partial charge in [0, 0.05) is 29.7 Å². The molecule has 6 heteroatoms. The van der Waals surface area contributed by atoms with E-state index in [0.29, 0.717) is 21.9 Å². The molecular formula is C21H17NO4S. The Kier molecular flexibility index (Phi) is 4.64. The van der Waals surface area contributed by atoms with Crippen molar-refractivity contribution in [1.29, 1.82) is 0 Å². The molecule has 0 radical (unpaired) electrons. The van der Waals surface area contributed by atoms with Crippen molar-refractivity contribution in [3.63, 3.8) is 0 Å². The summed E-state index contributed by atoms with van der Waals surface area (Å²) in [7, 11) is 1.55. The first-order chi connectivity index (χ1) is 13.2. The van der Waals surface area contributed by atoms with E-state index in [9.17, 15) is 9.59 Å². The van der Waals surface area contributed by atoms with Crippen LogP contribution in [0.1, 0.15) is 22.5 Å². The van der Waals surface area contributed by atoms with Crippen molar-refractivity contribution in [2.45, 2.75) is 12.8 Å². The summed E-state index contributed by atoms with van der Waals surface area (Å²) < 4.78 is 11.3. The molecule has 136 valence electrons. The van der Waals surface area contributed by atoms with Crippen molar-refractivity contribution in [2.75, 3.05) is 12.4 Å². The lowest BCUT2D eigenvalue weighted by molar-refractivity contribution is -0.116. The third-order valence-corrected chi connectivity index (χ3v) is 5.26. The smallest absolute Gasteiger partial charge is 0.224 e. The molecule has 2 aromatic carbocycles. The van der Waals surface area contributed by atoms with Gasteiger partial charge in [0.1, 0.15) is 16.9 Å². The Hall–Kier alpha value is -3.12. The van der Waals surface area contributed by atoms with E-state index in [0.717, 1.165) is 16.4 Å². The molecule has 0 unspecified atom stereocenters. The largest absolute Gasteiger partial charge is 0.495 e. The number of amides is 1. The number of rotatable bonds is 6. The molecule has 0 aliphatic heterocycles. The number of ketones is 1. The lowest BCUT2D eigenvalue weighted by Crippen LogP contribution is -2.13. The van der Waals surface area contributed by atoms with Gasteiger partial charge in [-0.25, -0.2) is 0 Å². The number of hydrogen-bond donors (Lipinski definition) is 1.